The molecule has 0 saturated carbocycles. The predicted molar refractivity (Wildman–Crippen MR) is 42.0 cm³/mol. The van der Waals surface area contributed by atoms with Crippen LogP contribution in [0.5, 0.6) is 0 Å². The van der Waals surface area contributed by atoms with Gasteiger partial charge in [0.2, 0.25) is 0 Å². The second kappa shape index (κ2) is 4.08. The van der Waals surface area contributed by atoms with Crippen molar-refractivity contribution in [1.29, 1.82) is 0 Å². The molecular weight excluding hydrogens is 261 g/mol. The summed E-state index contributed by atoms with van der Waals surface area (Å²) in [6, 6.07) is 0. The maximum atomic E-state index is 12.5. The van der Waals surface area contributed by atoms with E-state index in [1.807, 2.05) is 0 Å². The first-order valence-electron chi connectivity index (χ1n) is 4.19. The SMILES string of the molecule is O=S(=O)(OC1CCCN1)C(F)(F)C(F)(F)F. The van der Waals surface area contributed by atoms with Crippen LogP contribution in [0.15, 0.2) is 0 Å². The smallest absolute Gasteiger partial charge is 0.291 e. The van der Waals surface area contributed by atoms with Gasteiger partial charge in [0.15, 0.2) is 0 Å². The molecule has 0 spiro atoms. The van der Waals surface area contributed by atoms with Crippen LogP contribution in [0.25, 0.3) is 0 Å². The van der Waals surface area contributed by atoms with Crippen LogP contribution >= 0.6 is 0 Å². The minimum atomic E-state index is -6.19. The molecule has 96 valence electrons. The molecule has 16 heavy (non-hydrogen) atoms. The Morgan fingerprint density at radius 3 is 2.12 bits per heavy atom. The summed E-state index contributed by atoms with van der Waals surface area (Å²) < 4.78 is 85.5. The van der Waals surface area contributed by atoms with E-state index >= 15 is 0 Å². The molecular formula is C6H8F5NO3S. The lowest BCUT2D eigenvalue weighted by atomic mass is 10.4. The average molecular weight is 269 g/mol. The number of hydrogen-bond donors (Lipinski definition) is 1. The molecule has 0 aromatic carbocycles. The van der Waals surface area contributed by atoms with Crippen molar-refractivity contribution in [3.63, 3.8) is 0 Å². The molecule has 1 atom stereocenters. The van der Waals surface area contributed by atoms with Crippen LogP contribution in [-0.4, -0.2) is 32.6 Å². The number of halogens is 5. The van der Waals surface area contributed by atoms with E-state index in [0.29, 0.717) is 13.0 Å². The molecule has 1 fully saturated rings. The van der Waals surface area contributed by atoms with Crippen LogP contribution < -0.4 is 5.32 Å². The Bertz CT molecular complexity index is 346. The molecule has 4 nitrogen and oxygen atoms in total. The van der Waals surface area contributed by atoms with E-state index in [1.54, 1.807) is 0 Å². The highest BCUT2D eigenvalue weighted by atomic mass is 32.2. The van der Waals surface area contributed by atoms with Crippen molar-refractivity contribution in [2.24, 2.45) is 0 Å². The van der Waals surface area contributed by atoms with Gasteiger partial charge in [-0.05, 0) is 19.4 Å². The van der Waals surface area contributed by atoms with Crippen LogP contribution in [-0.2, 0) is 14.3 Å². The third kappa shape index (κ3) is 2.43. The van der Waals surface area contributed by atoms with Gasteiger partial charge in [-0.1, -0.05) is 0 Å². The third-order valence-corrected chi connectivity index (χ3v) is 3.25. The summed E-state index contributed by atoms with van der Waals surface area (Å²) in [4.78, 5) is 0. The number of alkyl halides is 5. The van der Waals surface area contributed by atoms with Crippen LogP contribution in [0.4, 0.5) is 22.0 Å². The number of hydrogen-bond acceptors (Lipinski definition) is 4. The highest BCUT2D eigenvalue weighted by Gasteiger charge is 2.68. The maximum Gasteiger partial charge on any atom is 0.472 e. The van der Waals surface area contributed by atoms with Gasteiger partial charge in [-0.25, -0.2) is 4.18 Å². The van der Waals surface area contributed by atoms with Gasteiger partial charge in [0, 0.05) is 0 Å². The van der Waals surface area contributed by atoms with Gasteiger partial charge in [0.25, 0.3) is 0 Å². The highest BCUT2D eigenvalue weighted by molar-refractivity contribution is 7.87. The number of nitrogens with one attached hydrogen (secondary N) is 1. The van der Waals surface area contributed by atoms with E-state index in [0.717, 1.165) is 0 Å². The third-order valence-electron chi connectivity index (χ3n) is 1.90. The zero-order chi connectivity index (χ0) is 12.6. The summed E-state index contributed by atoms with van der Waals surface area (Å²) in [5, 5.41) is -3.56. The monoisotopic (exact) mass is 269 g/mol. The Morgan fingerprint density at radius 1 is 1.19 bits per heavy atom. The fourth-order valence-electron chi connectivity index (χ4n) is 1.09. The molecule has 1 unspecified atom stereocenters. The lowest BCUT2D eigenvalue weighted by Gasteiger charge is -2.21. The van der Waals surface area contributed by atoms with Gasteiger partial charge in [-0.15, -0.1) is 0 Å². The molecule has 1 rings (SSSR count). The summed E-state index contributed by atoms with van der Waals surface area (Å²) in [6.07, 6.45) is -7.01. The zero-order valence-corrected chi connectivity index (χ0v) is 8.54. The van der Waals surface area contributed by atoms with Gasteiger partial charge >= 0.3 is 21.5 Å². The van der Waals surface area contributed by atoms with Crippen molar-refractivity contribution in [1.82, 2.24) is 5.32 Å². The first kappa shape index (κ1) is 13.6. The van der Waals surface area contributed by atoms with E-state index < -0.39 is 27.8 Å². The Morgan fingerprint density at radius 2 is 1.75 bits per heavy atom. The van der Waals surface area contributed by atoms with Gasteiger partial charge in [0.1, 0.15) is 6.23 Å². The second-order valence-electron chi connectivity index (χ2n) is 3.15. The van der Waals surface area contributed by atoms with Crippen molar-refractivity contribution in [2.75, 3.05) is 6.54 Å². The Labute approximate surface area is 87.9 Å². The van der Waals surface area contributed by atoms with E-state index in [2.05, 4.69) is 9.50 Å². The molecule has 1 aliphatic rings. The molecule has 0 amide bonds. The topological polar surface area (TPSA) is 55.4 Å². The number of rotatable bonds is 3. The lowest BCUT2D eigenvalue weighted by Crippen LogP contribution is -2.47. The molecule has 0 aromatic rings. The molecule has 10 heteroatoms. The quantitative estimate of drug-likeness (QED) is 0.618. The largest absolute Gasteiger partial charge is 0.472 e. The Kier molecular flexibility index (Phi) is 3.46. The highest BCUT2D eigenvalue weighted by Crippen LogP contribution is 2.41. The molecule has 0 radical (unpaired) electrons. The van der Waals surface area contributed by atoms with Crippen LogP contribution in [0.1, 0.15) is 12.8 Å². The molecule has 0 aromatic heterocycles. The minimum absolute atomic E-state index is 0.0627. The van der Waals surface area contributed by atoms with E-state index in [-0.39, 0.29) is 6.42 Å². The molecule has 0 bridgehead atoms. The van der Waals surface area contributed by atoms with Crippen LogP contribution in [0, 0.1) is 0 Å². The van der Waals surface area contributed by atoms with Crippen molar-refractivity contribution >= 4 is 10.1 Å². The van der Waals surface area contributed by atoms with Crippen molar-refractivity contribution in [3.8, 4) is 0 Å². The first-order chi connectivity index (χ1) is 7.08. The van der Waals surface area contributed by atoms with E-state index in [9.17, 15) is 30.4 Å². The van der Waals surface area contributed by atoms with Gasteiger partial charge < -0.3 is 0 Å². The molecule has 1 aliphatic heterocycles. The summed E-state index contributed by atoms with van der Waals surface area (Å²) in [5.41, 5.74) is 0. The standard InChI is InChI=1S/C6H8F5NO3S/c7-5(8,9)6(10,11)16(13,14)15-4-2-1-3-12-4/h4,12H,1-3H2. The minimum Gasteiger partial charge on any atom is -0.291 e. The molecule has 1 N–H and O–H groups in total. The predicted octanol–water partition coefficient (Wildman–Crippen LogP) is 1.20. The zero-order valence-electron chi connectivity index (χ0n) is 7.72. The lowest BCUT2D eigenvalue weighted by molar-refractivity contribution is -0.244. The molecule has 1 heterocycles. The molecule has 0 aliphatic carbocycles. The van der Waals surface area contributed by atoms with Crippen molar-refractivity contribution < 1.29 is 34.6 Å². The average Bonchev–Trinajstić information content (AvgIpc) is 2.53. The fourth-order valence-corrected chi connectivity index (χ4v) is 1.96. The normalized spacial score (nSPS) is 23.7. The van der Waals surface area contributed by atoms with Crippen molar-refractivity contribution in [3.05, 3.63) is 0 Å². The molecule has 1 saturated heterocycles. The maximum absolute atomic E-state index is 12.5. The van der Waals surface area contributed by atoms with Gasteiger partial charge in [-0.2, -0.15) is 30.4 Å². The van der Waals surface area contributed by atoms with E-state index in [1.165, 1.54) is 0 Å². The summed E-state index contributed by atoms with van der Waals surface area (Å²) >= 11 is 0. The van der Waals surface area contributed by atoms with Gasteiger partial charge in [0.05, 0.1) is 0 Å². The summed E-state index contributed by atoms with van der Waals surface area (Å²) in [5.74, 6) is 0. The van der Waals surface area contributed by atoms with E-state index in [4.69, 9.17) is 0 Å². The Hall–Kier alpha value is -0.480. The Balaban J connectivity index is 2.84. The van der Waals surface area contributed by atoms with Crippen LogP contribution in [0.3, 0.4) is 0 Å². The summed E-state index contributed by atoms with van der Waals surface area (Å²) in [7, 11) is -6.02. The van der Waals surface area contributed by atoms with Crippen LogP contribution in [0.2, 0.25) is 0 Å². The second-order valence-corrected chi connectivity index (χ2v) is 4.76. The fraction of sp³-hybridized carbons (Fsp3) is 1.00. The summed E-state index contributed by atoms with van der Waals surface area (Å²) in [6.45, 7) is 0.303. The first-order valence-corrected chi connectivity index (χ1v) is 5.59. The van der Waals surface area contributed by atoms with Crippen molar-refractivity contribution in [2.45, 2.75) is 30.5 Å². The van der Waals surface area contributed by atoms with Gasteiger partial charge in [-0.3, -0.25) is 5.32 Å².